The van der Waals surface area contributed by atoms with Crippen LogP contribution in [0.1, 0.15) is 42.6 Å². The zero-order valence-corrected chi connectivity index (χ0v) is 16.5. The van der Waals surface area contributed by atoms with E-state index in [9.17, 15) is 13.6 Å². The topological polar surface area (TPSA) is 88.7 Å². The van der Waals surface area contributed by atoms with Gasteiger partial charge < -0.3 is 15.6 Å². The number of aryl methyl sites for hydroxylation is 3. The summed E-state index contributed by atoms with van der Waals surface area (Å²) in [7, 11) is 1.50. The van der Waals surface area contributed by atoms with Crippen LogP contribution in [-0.2, 0) is 28.8 Å². The number of hydrogen-bond donors (Lipinski definition) is 2. The summed E-state index contributed by atoms with van der Waals surface area (Å²) in [6.45, 7) is 0.331. The van der Waals surface area contributed by atoms with E-state index < -0.39 is 24.5 Å². The Morgan fingerprint density at radius 3 is 2.82 bits per heavy atom. The third-order valence-electron chi connectivity index (χ3n) is 5.12. The molecule has 1 heterocycles. The highest BCUT2D eigenvalue weighted by Gasteiger charge is 2.32. The summed E-state index contributed by atoms with van der Waals surface area (Å²) in [5.41, 5.74) is 8.49. The Bertz CT molecular complexity index is 643. The van der Waals surface area contributed by atoms with Gasteiger partial charge in [0.2, 0.25) is 0 Å². The Labute approximate surface area is 165 Å². The van der Waals surface area contributed by atoms with E-state index in [1.165, 1.54) is 17.6 Å². The van der Waals surface area contributed by atoms with Gasteiger partial charge in [-0.05, 0) is 50.2 Å². The normalized spacial score (nSPS) is 15.5. The maximum atomic E-state index is 14.6. The molecule has 0 unspecified atom stereocenters. The quantitative estimate of drug-likeness (QED) is 0.561. The van der Waals surface area contributed by atoms with Gasteiger partial charge in [-0.15, -0.1) is 0 Å². The van der Waals surface area contributed by atoms with Gasteiger partial charge in [0.05, 0.1) is 13.2 Å². The van der Waals surface area contributed by atoms with Crippen LogP contribution in [0.4, 0.5) is 8.78 Å². The molecule has 1 aliphatic carbocycles. The summed E-state index contributed by atoms with van der Waals surface area (Å²) in [5.74, 6) is -4.03. The van der Waals surface area contributed by atoms with Crippen LogP contribution in [0.2, 0.25) is 0 Å². The molecule has 1 aliphatic rings. The number of alkyl halides is 2. The molecule has 0 amide bonds. The predicted octanol–water partition coefficient (Wildman–Crippen LogP) is 2.28. The highest BCUT2D eigenvalue weighted by molar-refractivity contribution is 5.72. The number of nitrogens with zero attached hydrogens (tertiary/aromatic N) is 2. The van der Waals surface area contributed by atoms with E-state index in [0.717, 1.165) is 31.4 Å². The molecule has 0 fully saturated rings. The van der Waals surface area contributed by atoms with Crippen LogP contribution in [0.25, 0.3) is 0 Å². The van der Waals surface area contributed by atoms with Crippen LogP contribution < -0.4 is 5.73 Å². The van der Waals surface area contributed by atoms with Gasteiger partial charge in [0, 0.05) is 38.0 Å². The average molecular weight is 399 g/mol. The van der Waals surface area contributed by atoms with Crippen LogP contribution in [0, 0.1) is 0 Å². The summed E-state index contributed by atoms with van der Waals surface area (Å²) in [6.07, 6.45) is 4.24. The first-order valence-corrected chi connectivity index (χ1v) is 9.86. The second-order valence-corrected chi connectivity index (χ2v) is 7.47. The van der Waals surface area contributed by atoms with E-state index in [-0.39, 0.29) is 25.8 Å². The summed E-state index contributed by atoms with van der Waals surface area (Å²) >= 11 is 0. The van der Waals surface area contributed by atoms with Crippen LogP contribution >= 0.6 is 0 Å². The zero-order valence-electron chi connectivity index (χ0n) is 16.5. The molecule has 0 aromatic carbocycles. The van der Waals surface area contributed by atoms with Crippen molar-refractivity contribution < 1.29 is 23.4 Å². The maximum absolute atomic E-state index is 14.6. The number of carboxylic acid groups (broad SMARTS) is 1. The Balaban J connectivity index is 1.90. The summed E-state index contributed by atoms with van der Waals surface area (Å²) < 4.78 is 34.1. The lowest BCUT2D eigenvalue weighted by molar-refractivity contribution is -0.138. The fourth-order valence-corrected chi connectivity index (χ4v) is 3.42. The minimum absolute atomic E-state index is 0.113. The van der Waals surface area contributed by atoms with Gasteiger partial charge in [0.1, 0.15) is 6.04 Å². The second-order valence-electron chi connectivity index (χ2n) is 7.47. The lowest BCUT2D eigenvalue weighted by atomic mass is 9.95. The van der Waals surface area contributed by atoms with Gasteiger partial charge in [-0.2, -0.15) is 0 Å². The summed E-state index contributed by atoms with van der Waals surface area (Å²) in [5, 5.41) is 8.87. The molecule has 6 nitrogen and oxygen atoms in total. The molecule has 8 heteroatoms. The molecule has 28 heavy (non-hydrogen) atoms. The van der Waals surface area contributed by atoms with E-state index in [1.54, 1.807) is 0 Å². The monoisotopic (exact) mass is 399 g/mol. The molecule has 1 aromatic rings. The lowest BCUT2D eigenvalue weighted by Gasteiger charge is -2.27. The van der Waals surface area contributed by atoms with E-state index in [2.05, 4.69) is 4.98 Å². The van der Waals surface area contributed by atoms with Crippen molar-refractivity contribution in [3.8, 4) is 0 Å². The molecule has 0 saturated heterocycles. The number of aliphatic carboxylic acids is 1. The molecule has 0 bridgehead atoms. The van der Waals surface area contributed by atoms with E-state index in [4.69, 9.17) is 15.6 Å². The number of aromatic nitrogens is 1. The van der Waals surface area contributed by atoms with Crippen LogP contribution in [0.3, 0.4) is 0 Å². The van der Waals surface area contributed by atoms with Crippen LogP contribution in [0.15, 0.2) is 12.1 Å². The van der Waals surface area contributed by atoms with E-state index in [0.29, 0.717) is 18.8 Å². The molecule has 0 radical (unpaired) electrons. The first kappa shape index (κ1) is 22.6. The van der Waals surface area contributed by atoms with Crippen molar-refractivity contribution in [1.82, 2.24) is 9.88 Å². The van der Waals surface area contributed by atoms with Crippen molar-refractivity contribution >= 4 is 5.97 Å². The summed E-state index contributed by atoms with van der Waals surface area (Å²) in [4.78, 5) is 16.9. The lowest BCUT2D eigenvalue weighted by Crippen LogP contribution is -2.42. The summed E-state index contributed by atoms with van der Waals surface area (Å²) in [6, 6.07) is 2.82. The Morgan fingerprint density at radius 1 is 1.36 bits per heavy atom. The number of carbonyl (C=O) groups is 1. The third kappa shape index (κ3) is 7.41. The molecule has 0 aliphatic heterocycles. The van der Waals surface area contributed by atoms with Crippen LogP contribution in [0.5, 0.6) is 0 Å². The molecular formula is C20H31F2N3O3. The van der Waals surface area contributed by atoms with Crippen molar-refractivity contribution in [3.05, 3.63) is 29.1 Å². The minimum Gasteiger partial charge on any atom is -0.480 e. The van der Waals surface area contributed by atoms with Gasteiger partial charge in [-0.25, -0.2) is 8.78 Å². The fraction of sp³-hybridized carbons (Fsp3) is 0.700. The number of rotatable bonds is 12. The molecule has 0 spiro atoms. The average Bonchev–Trinajstić information content (AvgIpc) is 2.67. The van der Waals surface area contributed by atoms with Crippen LogP contribution in [-0.4, -0.2) is 66.3 Å². The molecule has 2 rings (SSSR count). The zero-order chi connectivity index (χ0) is 20.6. The Hall–Kier alpha value is -1.64. The molecule has 158 valence electrons. The Morgan fingerprint density at radius 2 is 2.11 bits per heavy atom. The van der Waals surface area contributed by atoms with Gasteiger partial charge in [-0.3, -0.25) is 14.7 Å². The Kier molecular flexibility index (Phi) is 8.72. The smallest absolute Gasteiger partial charge is 0.320 e. The number of fused-ring (bicyclic) bond motifs is 1. The number of carboxylic acids is 1. The molecule has 3 N–H and O–H groups in total. The van der Waals surface area contributed by atoms with Gasteiger partial charge in [0.25, 0.3) is 5.92 Å². The SMILES string of the molecule is COCCN(CC[C@H](N)C(=O)O)CC(F)(F)CCc1ccc2c(n1)CCCC2. The van der Waals surface area contributed by atoms with E-state index in [1.807, 2.05) is 12.1 Å². The first-order chi connectivity index (χ1) is 13.3. The van der Waals surface area contributed by atoms with Crippen molar-refractivity contribution in [1.29, 1.82) is 0 Å². The number of pyridine rings is 1. The predicted molar refractivity (Wildman–Crippen MR) is 103 cm³/mol. The highest BCUT2D eigenvalue weighted by Crippen LogP contribution is 2.24. The molecule has 1 atom stereocenters. The largest absolute Gasteiger partial charge is 0.480 e. The second kappa shape index (κ2) is 10.8. The minimum atomic E-state index is -2.90. The van der Waals surface area contributed by atoms with Gasteiger partial charge in [-0.1, -0.05) is 6.07 Å². The highest BCUT2D eigenvalue weighted by atomic mass is 19.3. The number of hydrogen-bond acceptors (Lipinski definition) is 5. The fourth-order valence-electron chi connectivity index (χ4n) is 3.42. The van der Waals surface area contributed by atoms with Crippen molar-refractivity contribution in [3.63, 3.8) is 0 Å². The number of methoxy groups -OCH3 is 1. The third-order valence-corrected chi connectivity index (χ3v) is 5.12. The number of ether oxygens (including phenoxy) is 1. The molecule has 1 aromatic heterocycles. The number of nitrogens with two attached hydrogens (primary N) is 1. The van der Waals surface area contributed by atoms with Crippen molar-refractivity contribution in [2.24, 2.45) is 5.73 Å². The standard InChI is InChI=1S/C20H31F2N3O3/c1-28-13-12-25(11-9-17(23)19(26)27)14-20(21,22)10-8-16-7-6-15-4-2-3-5-18(15)24-16/h6-7,17H,2-5,8-14,23H2,1H3,(H,26,27)/t17-/m0/s1. The van der Waals surface area contributed by atoms with Gasteiger partial charge in [0.15, 0.2) is 0 Å². The number of halogens is 2. The van der Waals surface area contributed by atoms with E-state index >= 15 is 0 Å². The van der Waals surface area contributed by atoms with Gasteiger partial charge >= 0.3 is 5.97 Å². The molecule has 0 saturated carbocycles. The van der Waals surface area contributed by atoms with Crippen molar-refractivity contribution in [2.45, 2.75) is 56.9 Å². The van der Waals surface area contributed by atoms with Crippen molar-refractivity contribution in [2.75, 3.05) is 33.4 Å². The molecular weight excluding hydrogens is 368 g/mol. The maximum Gasteiger partial charge on any atom is 0.320 e. The first-order valence-electron chi connectivity index (χ1n) is 9.86.